The number of benzene rings is 2. The molecule has 1 aromatic heterocycles. The Bertz CT molecular complexity index is 1170. The average molecular weight is 466 g/mol. The molecular weight excluding hydrogens is 442 g/mol. The summed E-state index contributed by atoms with van der Waals surface area (Å²) in [6.07, 6.45) is 0. The summed E-state index contributed by atoms with van der Waals surface area (Å²) in [4.78, 5) is 26.5. The second-order valence-electron chi connectivity index (χ2n) is 7.60. The largest absolute Gasteiger partial charge is 0.462 e. The number of para-hydroxylation sites is 2. The zero-order valence-electron chi connectivity index (χ0n) is 18.3. The van der Waals surface area contributed by atoms with Crippen molar-refractivity contribution in [1.82, 2.24) is 9.97 Å². The molecule has 1 atom stereocenters. The fourth-order valence-corrected chi connectivity index (χ4v) is 4.00. The minimum atomic E-state index is -1.18. The summed E-state index contributed by atoms with van der Waals surface area (Å²) in [5.41, 5.74) is 2.70. The van der Waals surface area contributed by atoms with Crippen molar-refractivity contribution in [2.45, 2.75) is 5.92 Å². The molecule has 1 saturated heterocycles. The molecule has 0 saturated carbocycles. The quantitative estimate of drug-likeness (QED) is 0.387. The smallest absolute Gasteiger partial charge is 0.329 e. The van der Waals surface area contributed by atoms with Crippen molar-refractivity contribution in [2.24, 2.45) is 0 Å². The van der Waals surface area contributed by atoms with Crippen LogP contribution in [0.1, 0.15) is 11.6 Å². The summed E-state index contributed by atoms with van der Waals surface area (Å²) in [5.74, 6) is -1.30. The van der Waals surface area contributed by atoms with Gasteiger partial charge in [0.05, 0.1) is 23.7 Å². The predicted molar refractivity (Wildman–Crippen MR) is 127 cm³/mol. The third-order valence-corrected chi connectivity index (χ3v) is 5.74. The SMILES string of the molecule is COCCOC(=O)[C@H](C#N)c1nc2ccccc2nc1N1CCN(c2cccc(Cl)c2)CC1. The van der Waals surface area contributed by atoms with Gasteiger partial charge in [0.15, 0.2) is 11.7 Å². The van der Waals surface area contributed by atoms with Gasteiger partial charge < -0.3 is 19.3 Å². The number of fused-ring (bicyclic) bond motifs is 1. The molecule has 3 aromatic rings. The number of nitriles is 1. The molecule has 1 fully saturated rings. The number of ether oxygens (including phenoxy) is 2. The lowest BCUT2D eigenvalue weighted by molar-refractivity contribution is -0.145. The number of carbonyl (C=O) groups is 1. The van der Waals surface area contributed by atoms with E-state index in [2.05, 4.69) is 20.9 Å². The molecule has 0 N–H and O–H groups in total. The van der Waals surface area contributed by atoms with E-state index in [4.69, 9.17) is 26.1 Å². The normalized spacial score (nSPS) is 14.7. The first kappa shape index (κ1) is 22.8. The molecular formula is C24H24ClN5O3. The van der Waals surface area contributed by atoms with E-state index < -0.39 is 11.9 Å². The summed E-state index contributed by atoms with van der Waals surface area (Å²) in [7, 11) is 1.52. The molecule has 4 rings (SSSR count). The van der Waals surface area contributed by atoms with E-state index in [0.717, 1.165) is 18.8 Å². The molecule has 0 spiro atoms. The van der Waals surface area contributed by atoms with Gasteiger partial charge in [-0.2, -0.15) is 5.26 Å². The number of carbonyl (C=O) groups excluding carboxylic acids is 1. The van der Waals surface area contributed by atoms with Gasteiger partial charge in [-0.25, -0.2) is 9.97 Å². The highest BCUT2D eigenvalue weighted by molar-refractivity contribution is 6.30. The summed E-state index contributed by atoms with van der Waals surface area (Å²) >= 11 is 6.15. The monoisotopic (exact) mass is 465 g/mol. The topological polar surface area (TPSA) is 91.6 Å². The van der Waals surface area contributed by atoms with Gasteiger partial charge in [-0.3, -0.25) is 4.79 Å². The van der Waals surface area contributed by atoms with Crippen LogP contribution in [-0.2, 0) is 14.3 Å². The Morgan fingerprint density at radius 2 is 1.76 bits per heavy atom. The van der Waals surface area contributed by atoms with Crippen molar-refractivity contribution in [3.05, 3.63) is 59.2 Å². The Morgan fingerprint density at radius 3 is 2.42 bits per heavy atom. The second kappa shape index (κ2) is 10.5. The second-order valence-corrected chi connectivity index (χ2v) is 8.03. The molecule has 170 valence electrons. The van der Waals surface area contributed by atoms with Gasteiger partial charge in [0.2, 0.25) is 0 Å². The number of hydrogen-bond acceptors (Lipinski definition) is 8. The molecule has 1 aliphatic rings. The van der Waals surface area contributed by atoms with Crippen molar-refractivity contribution >= 4 is 40.1 Å². The lowest BCUT2D eigenvalue weighted by Gasteiger charge is -2.37. The summed E-state index contributed by atoms with van der Waals surface area (Å²) in [5, 5.41) is 10.5. The van der Waals surface area contributed by atoms with Crippen LogP contribution in [0.5, 0.6) is 0 Å². The van der Waals surface area contributed by atoms with Gasteiger partial charge in [0.1, 0.15) is 12.3 Å². The van der Waals surface area contributed by atoms with Gasteiger partial charge in [-0.05, 0) is 30.3 Å². The van der Waals surface area contributed by atoms with Crippen molar-refractivity contribution in [2.75, 3.05) is 56.3 Å². The number of piperazine rings is 1. The van der Waals surface area contributed by atoms with Crippen molar-refractivity contribution in [3.8, 4) is 6.07 Å². The van der Waals surface area contributed by atoms with Crippen molar-refractivity contribution in [1.29, 1.82) is 5.26 Å². The predicted octanol–water partition coefficient (Wildman–Crippen LogP) is 3.41. The number of rotatable bonds is 7. The van der Waals surface area contributed by atoms with Crippen LogP contribution < -0.4 is 9.80 Å². The zero-order chi connectivity index (χ0) is 23.2. The number of nitrogens with zero attached hydrogens (tertiary/aromatic N) is 5. The van der Waals surface area contributed by atoms with E-state index in [1.54, 1.807) is 0 Å². The highest BCUT2D eigenvalue weighted by Gasteiger charge is 2.31. The lowest BCUT2D eigenvalue weighted by Crippen LogP contribution is -2.47. The van der Waals surface area contributed by atoms with E-state index in [1.807, 2.05) is 48.5 Å². The third-order valence-electron chi connectivity index (χ3n) is 5.50. The maximum absolute atomic E-state index is 12.7. The van der Waals surface area contributed by atoms with Crippen LogP contribution in [0.15, 0.2) is 48.5 Å². The number of halogens is 1. The molecule has 33 heavy (non-hydrogen) atoms. The van der Waals surface area contributed by atoms with E-state index in [1.165, 1.54) is 7.11 Å². The van der Waals surface area contributed by atoms with Crippen LogP contribution in [-0.4, -0.2) is 62.4 Å². The highest BCUT2D eigenvalue weighted by atomic mass is 35.5. The van der Waals surface area contributed by atoms with Crippen LogP contribution >= 0.6 is 11.6 Å². The average Bonchev–Trinajstić information content (AvgIpc) is 2.84. The van der Waals surface area contributed by atoms with Gasteiger partial charge >= 0.3 is 5.97 Å². The molecule has 9 heteroatoms. The lowest BCUT2D eigenvalue weighted by atomic mass is 10.1. The molecule has 0 unspecified atom stereocenters. The van der Waals surface area contributed by atoms with Crippen molar-refractivity contribution < 1.29 is 14.3 Å². The van der Waals surface area contributed by atoms with Crippen molar-refractivity contribution in [3.63, 3.8) is 0 Å². The number of esters is 1. The van der Waals surface area contributed by atoms with Crippen LogP contribution in [0.25, 0.3) is 11.0 Å². The molecule has 0 radical (unpaired) electrons. The van der Waals surface area contributed by atoms with Gasteiger partial charge in [0, 0.05) is 44.0 Å². The standard InChI is InChI=1S/C24H24ClN5O3/c1-32-13-14-33-24(31)19(16-26)22-23(28-21-8-3-2-7-20(21)27-22)30-11-9-29(10-12-30)18-6-4-5-17(25)15-18/h2-8,15,19H,9-14H2,1H3/t19-/m1/s1. The molecule has 8 nitrogen and oxygen atoms in total. The van der Waals surface area contributed by atoms with Gasteiger partial charge in [-0.15, -0.1) is 0 Å². The van der Waals surface area contributed by atoms with E-state index in [0.29, 0.717) is 40.7 Å². The maximum atomic E-state index is 12.7. The fraction of sp³-hybridized carbons (Fsp3) is 0.333. The van der Waals surface area contributed by atoms with Crippen LogP contribution in [0, 0.1) is 11.3 Å². The molecule has 0 amide bonds. The van der Waals surface area contributed by atoms with Gasteiger partial charge in [0.25, 0.3) is 0 Å². The molecule has 0 bridgehead atoms. The van der Waals surface area contributed by atoms with E-state index >= 15 is 0 Å². The fourth-order valence-electron chi connectivity index (χ4n) is 3.81. The van der Waals surface area contributed by atoms with Crippen LogP contribution in [0.3, 0.4) is 0 Å². The first-order chi connectivity index (χ1) is 16.1. The first-order valence-corrected chi connectivity index (χ1v) is 11.1. The number of aromatic nitrogens is 2. The number of hydrogen-bond donors (Lipinski definition) is 0. The first-order valence-electron chi connectivity index (χ1n) is 10.7. The Labute approximate surface area is 197 Å². The molecule has 2 aromatic carbocycles. The van der Waals surface area contributed by atoms with Gasteiger partial charge in [-0.1, -0.05) is 29.8 Å². The van der Waals surface area contributed by atoms with E-state index in [9.17, 15) is 10.1 Å². The number of anilines is 2. The highest BCUT2D eigenvalue weighted by Crippen LogP contribution is 2.29. The molecule has 1 aliphatic heterocycles. The Kier molecular flexibility index (Phi) is 7.23. The minimum Gasteiger partial charge on any atom is -0.462 e. The minimum absolute atomic E-state index is 0.0716. The summed E-state index contributed by atoms with van der Waals surface area (Å²) in [6, 6.07) is 17.2. The Hall–Kier alpha value is -3.41. The van der Waals surface area contributed by atoms with E-state index in [-0.39, 0.29) is 13.2 Å². The third kappa shape index (κ3) is 5.16. The zero-order valence-corrected chi connectivity index (χ0v) is 19.0. The summed E-state index contributed by atoms with van der Waals surface area (Å²) < 4.78 is 10.2. The maximum Gasteiger partial charge on any atom is 0.329 e. The summed E-state index contributed by atoms with van der Waals surface area (Å²) in [6.45, 7) is 3.12. The Balaban J connectivity index is 1.62. The number of methoxy groups -OCH3 is 1. The molecule has 0 aliphatic carbocycles. The molecule has 2 heterocycles. The Morgan fingerprint density at radius 1 is 1.06 bits per heavy atom. The van der Waals surface area contributed by atoms with Crippen LogP contribution in [0.4, 0.5) is 11.5 Å². The van der Waals surface area contributed by atoms with Crippen LogP contribution in [0.2, 0.25) is 5.02 Å².